The molecule has 0 aromatic heterocycles. The number of alkyl halides is 6. The van der Waals surface area contributed by atoms with Crippen molar-refractivity contribution < 1.29 is 30.7 Å². The Labute approximate surface area is 85.7 Å². The summed E-state index contributed by atoms with van der Waals surface area (Å²) in [4.78, 5) is 0. The van der Waals surface area contributed by atoms with E-state index in [9.17, 15) is 30.7 Å². The second kappa shape index (κ2) is 3.64. The Bertz CT molecular complexity index is 364. The van der Waals surface area contributed by atoms with Gasteiger partial charge in [0.05, 0.1) is 11.1 Å². The number of benzene rings is 1. The Balaban J connectivity index is 3.51. The molecule has 0 amide bonds. The molecule has 16 heavy (non-hydrogen) atoms. The van der Waals surface area contributed by atoms with Gasteiger partial charge in [-0.25, -0.2) is 4.39 Å². The lowest BCUT2D eigenvalue weighted by atomic mass is 10.0. The molecule has 0 nitrogen and oxygen atoms in total. The fraction of sp³-hybridized carbons (Fsp3) is 0.222. The molecule has 0 spiro atoms. The van der Waals surface area contributed by atoms with E-state index in [0.717, 1.165) is 0 Å². The van der Waals surface area contributed by atoms with E-state index in [1.165, 1.54) is 0 Å². The first-order valence-electron chi connectivity index (χ1n) is 3.83. The molecule has 0 atom stereocenters. The minimum absolute atomic E-state index is 0.0163. The van der Waals surface area contributed by atoms with Crippen LogP contribution in [0.5, 0.6) is 0 Å². The van der Waals surface area contributed by atoms with Crippen molar-refractivity contribution in [2.75, 3.05) is 0 Å². The minimum atomic E-state index is -5.07. The lowest BCUT2D eigenvalue weighted by molar-refractivity contribution is -0.143. The van der Waals surface area contributed by atoms with E-state index in [-0.39, 0.29) is 12.1 Å². The fourth-order valence-corrected chi connectivity index (χ4v) is 1.14. The molecule has 0 aliphatic carbocycles. The lowest BCUT2D eigenvalue weighted by Gasteiger charge is -2.15. The fourth-order valence-electron chi connectivity index (χ4n) is 1.14. The van der Waals surface area contributed by atoms with E-state index in [1.54, 1.807) is 0 Å². The Morgan fingerprint density at radius 1 is 0.812 bits per heavy atom. The summed E-state index contributed by atoms with van der Waals surface area (Å²) in [5, 5.41) is 0. The van der Waals surface area contributed by atoms with Crippen molar-refractivity contribution in [1.82, 2.24) is 0 Å². The molecular formula is C9H4F7. The van der Waals surface area contributed by atoms with E-state index in [2.05, 4.69) is 6.92 Å². The lowest BCUT2D eigenvalue weighted by Crippen LogP contribution is -2.15. The monoisotopic (exact) mass is 245 g/mol. The summed E-state index contributed by atoms with van der Waals surface area (Å²) in [5.41, 5.74) is -4.72. The Hall–Kier alpha value is -1.27. The molecule has 0 saturated heterocycles. The molecule has 0 aliphatic heterocycles. The summed E-state index contributed by atoms with van der Waals surface area (Å²) in [6, 6.07) is -0.0326. The van der Waals surface area contributed by atoms with Gasteiger partial charge in [-0.05, 0) is 24.6 Å². The maximum absolute atomic E-state index is 12.6. The van der Waals surface area contributed by atoms with Crippen LogP contribution in [0.4, 0.5) is 30.7 Å². The van der Waals surface area contributed by atoms with Crippen LogP contribution in [0.2, 0.25) is 0 Å². The predicted molar refractivity (Wildman–Crippen MR) is 40.9 cm³/mol. The number of halogens is 7. The molecule has 0 saturated carbocycles. The van der Waals surface area contributed by atoms with Crippen molar-refractivity contribution in [2.24, 2.45) is 0 Å². The van der Waals surface area contributed by atoms with Crippen molar-refractivity contribution in [1.29, 1.82) is 0 Å². The Morgan fingerprint density at radius 2 is 1.12 bits per heavy atom. The van der Waals surface area contributed by atoms with Crippen molar-refractivity contribution in [3.05, 3.63) is 41.6 Å². The summed E-state index contributed by atoms with van der Waals surface area (Å²) < 4.78 is 86.0. The van der Waals surface area contributed by atoms with Gasteiger partial charge in [-0.15, -0.1) is 0 Å². The highest BCUT2D eigenvalue weighted by Crippen LogP contribution is 2.39. The first kappa shape index (κ1) is 12.8. The summed E-state index contributed by atoms with van der Waals surface area (Å²) in [6.45, 7) is 2.69. The van der Waals surface area contributed by atoms with Crippen molar-refractivity contribution >= 4 is 0 Å². The third-order valence-corrected chi connectivity index (χ3v) is 1.83. The molecule has 1 aromatic rings. The summed E-state index contributed by atoms with van der Waals surface area (Å²) in [5.74, 6) is -1.60. The zero-order valence-corrected chi connectivity index (χ0v) is 7.51. The Morgan fingerprint density at radius 3 is 1.38 bits per heavy atom. The van der Waals surface area contributed by atoms with Crippen LogP contribution in [0.1, 0.15) is 16.7 Å². The van der Waals surface area contributed by atoms with Crippen LogP contribution in [-0.2, 0) is 12.4 Å². The van der Waals surface area contributed by atoms with Crippen LogP contribution in [0.3, 0.4) is 0 Å². The second-order valence-corrected chi connectivity index (χ2v) is 2.97. The van der Waals surface area contributed by atoms with Crippen LogP contribution < -0.4 is 0 Å². The van der Waals surface area contributed by atoms with Gasteiger partial charge in [0.2, 0.25) is 0 Å². The van der Waals surface area contributed by atoms with Gasteiger partial charge in [0.1, 0.15) is 5.82 Å². The van der Waals surface area contributed by atoms with E-state index in [1.807, 2.05) is 0 Å². The van der Waals surface area contributed by atoms with Crippen LogP contribution in [0.25, 0.3) is 0 Å². The van der Waals surface area contributed by atoms with Gasteiger partial charge in [-0.2, -0.15) is 26.3 Å². The van der Waals surface area contributed by atoms with Crippen molar-refractivity contribution in [2.45, 2.75) is 12.4 Å². The molecule has 1 radical (unpaired) electrons. The SMILES string of the molecule is [CH2]c1c(C(F)(F)F)cc(F)cc1C(F)(F)F. The molecule has 0 fully saturated rings. The minimum Gasteiger partial charge on any atom is -0.207 e. The highest BCUT2D eigenvalue weighted by Gasteiger charge is 2.40. The summed E-state index contributed by atoms with van der Waals surface area (Å²) in [6.07, 6.45) is -10.1. The first-order valence-corrected chi connectivity index (χ1v) is 3.83. The van der Waals surface area contributed by atoms with Gasteiger partial charge in [0, 0.05) is 0 Å². The van der Waals surface area contributed by atoms with Gasteiger partial charge < -0.3 is 0 Å². The first-order chi connectivity index (χ1) is 7.03. The number of hydrogen-bond donors (Lipinski definition) is 0. The predicted octanol–water partition coefficient (Wildman–Crippen LogP) is 4.05. The third kappa shape index (κ3) is 2.45. The molecular weight excluding hydrogens is 241 g/mol. The van der Waals surface area contributed by atoms with Crippen LogP contribution in [0, 0.1) is 12.7 Å². The molecule has 0 N–H and O–H groups in total. The van der Waals surface area contributed by atoms with Gasteiger partial charge >= 0.3 is 12.4 Å². The summed E-state index contributed by atoms with van der Waals surface area (Å²) >= 11 is 0. The van der Waals surface area contributed by atoms with Gasteiger partial charge in [0.25, 0.3) is 0 Å². The van der Waals surface area contributed by atoms with Crippen molar-refractivity contribution in [3.8, 4) is 0 Å². The van der Waals surface area contributed by atoms with Gasteiger partial charge in [-0.3, -0.25) is 0 Å². The zero-order chi connectivity index (χ0) is 12.7. The molecule has 7 heteroatoms. The second-order valence-electron chi connectivity index (χ2n) is 2.97. The average molecular weight is 245 g/mol. The molecule has 0 unspecified atom stereocenters. The third-order valence-electron chi connectivity index (χ3n) is 1.83. The topological polar surface area (TPSA) is 0 Å². The molecule has 0 heterocycles. The smallest absolute Gasteiger partial charge is 0.207 e. The quantitative estimate of drug-likeness (QED) is 0.605. The van der Waals surface area contributed by atoms with Crippen molar-refractivity contribution in [3.63, 3.8) is 0 Å². The van der Waals surface area contributed by atoms with E-state index >= 15 is 0 Å². The largest absolute Gasteiger partial charge is 0.416 e. The standard InChI is InChI=1S/C9H4F7/c1-4-6(8(11,12)13)2-5(10)3-7(4)9(14,15)16/h2-3H,1H2. The normalized spacial score (nSPS) is 13.0. The molecule has 1 rings (SSSR count). The zero-order valence-electron chi connectivity index (χ0n) is 7.51. The molecule has 0 aliphatic rings. The molecule has 89 valence electrons. The maximum Gasteiger partial charge on any atom is 0.416 e. The van der Waals surface area contributed by atoms with Crippen LogP contribution in [-0.4, -0.2) is 0 Å². The molecule has 1 aromatic carbocycles. The van der Waals surface area contributed by atoms with E-state index < -0.39 is 34.9 Å². The molecule has 0 bridgehead atoms. The van der Waals surface area contributed by atoms with Crippen LogP contribution in [0.15, 0.2) is 12.1 Å². The number of hydrogen-bond acceptors (Lipinski definition) is 0. The summed E-state index contributed by atoms with van der Waals surface area (Å²) in [7, 11) is 0. The van der Waals surface area contributed by atoms with Gasteiger partial charge in [-0.1, -0.05) is 0 Å². The number of rotatable bonds is 0. The van der Waals surface area contributed by atoms with Gasteiger partial charge in [0.15, 0.2) is 0 Å². The van der Waals surface area contributed by atoms with Crippen LogP contribution >= 0.6 is 0 Å². The Kier molecular flexibility index (Phi) is 2.91. The highest BCUT2D eigenvalue weighted by atomic mass is 19.4. The highest BCUT2D eigenvalue weighted by molar-refractivity contribution is 5.41. The van der Waals surface area contributed by atoms with E-state index in [4.69, 9.17) is 0 Å². The average Bonchev–Trinajstić information content (AvgIpc) is 2.04. The van der Waals surface area contributed by atoms with E-state index in [0.29, 0.717) is 0 Å². The maximum atomic E-state index is 12.6.